The Bertz CT molecular complexity index is 559. The lowest BCUT2D eigenvalue weighted by Gasteiger charge is -2.25. The van der Waals surface area contributed by atoms with Gasteiger partial charge >= 0.3 is 0 Å². The standard InChI is InChI=1S/C14H20N4/c1-14(2,3)18-12(10-6-8-15-9-10)17-11-5-4-7-16-13(11)18/h4-5,7,10,15H,6,8-9H2,1-3H3. The Balaban J connectivity index is 2.23. The summed E-state index contributed by atoms with van der Waals surface area (Å²) in [5.74, 6) is 1.69. The minimum atomic E-state index is 0.0149. The van der Waals surface area contributed by atoms with E-state index in [1.54, 1.807) is 0 Å². The number of nitrogens with zero attached hydrogens (tertiary/aromatic N) is 3. The summed E-state index contributed by atoms with van der Waals surface area (Å²) in [6.07, 6.45) is 3.02. The molecule has 1 saturated heterocycles. The molecule has 1 atom stereocenters. The fourth-order valence-corrected chi connectivity index (χ4v) is 2.74. The van der Waals surface area contributed by atoms with Crippen molar-refractivity contribution < 1.29 is 0 Å². The van der Waals surface area contributed by atoms with Crippen LogP contribution in [0.4, 0.5) is 0 Å². The lowest BCUT2D eigenvalue weighted by molar-refractivity contribution is 0.383. The molecule has 1 N–H and O–H groups in total. The highest BCUT2D eigenvalue weighted by Crippen LogP contribution is 2.30. The van der Waals surface area contributed by atoms with Gasteiger partial charge in [-0.2, -0.15) is 0 Å². The molecule has 1 unspecified atom stereocenters. The van der Waals surface area contributed by atoms with Gasteiger partial charge in [-0.25, -0.2) is 9.97 Å². The van der Waals surface area contributed by atoms with Gasteiger partial charge < -0.3 is 9.88 Å². The quantitative estimate of drug-likeness (QED) is 0.836. The van der Waals surface area contributed by atoms with Gasteiger partial charge in [-0.1, -0.05) is 0 Å². The van der Waals surface area contributed by atoms with Crippen LogP contribution >= 0.6 is 0 Å². The van der Waals surface area contributed by atoms with Crippen molar-refractivity contribution in [3.05, 3.63) is 24.2 Å². The fourth-order valence-electron chi connectivity index (χ4n) is 2.74. The second-order valence-electron chi connectivity index (χ2n) is 6.01. The maximum atomic E-state index is 4.82. The largest absolute Gasteiger partial charge is 0.316 e. The summed E-state index contributed by atoms with van der Waals surface area (Å²) in [4.78, 5) is 9.34. The molecule has 0 aromatic carbocycles. The Morgan fingerprint density at radius 3 is 2.89 bits per heavy atom. The van der Waals surface area contributed by atoms with E-state index in [1.165, 1.54) is 12.2 Å². The van der Waals surface area contributed by atoms with Crippen molar-refractivity contribution in [1.82, 2.24) is 19.9 Å². The van der Waals surface area contributed by atoms with Crippen LogP contribution in [0.15, 0.2) is 18.3 Å². The van der Waals surface area contributed by atoms with Crippen molar-refractivity contribution in [2.45, 2.75) is 38.6 Å². The number of pyridine rings is 1. The molecular weight excluding hydrogens is 224 g/mol. The van der Waals surface area contributed by atoms with Crippen LogP contribution in [0.5, 0.6) is 0 Å². The molecule has 0 radical (unpaired) electrons. The zero-order valence-corrected chi connectivity index (χ0v) is 11.3. The molecular formula is C14H20N4. The van der Waals surface area contributed by atoms with Crippen molar-refractivity contribution in [3.8, 4) is 0 Å². The van der Waals surface area contributed by atoms with Crippen LogP contribution in [0, 0.1) is 0 Å². The van der Waals surface area contributed by atoms with E-state index in [0.29, 0.717) is 5.92 Å². The van der Waals surface area contributed by atoms with Crippen molar-refractivity contribution in [2.24, 2.45) is 0 Å². The molecule has 2 aromatic heterocycles. The van der Waals surface area contributed by atoms with Crippen LogP contribution in [0.3, 0.4) is 0 Å². The van der Waals surface area contributed by atoms with E-state index >= 15 is 0 Å². The van der Waals surface area contributed by atoms with Crippen molar-refractivity contribution in [2.75, 3.05) is 13.1 Å². The summed E-state index contributed by atoms with van der Waals surface area (Å²) in [6.45, 7) is 8.77. The molecule has 3 rings (SSSR count). The molecule has 1 aliphatic rings. The first-order valence-electron chi connectivity index (χ1n) is 6.62. The molecule has 0 spiro atoms. The number of fused-ring (bicyclic) bond motifs is 1. The fraction of sp³-hybridized carbons (Fsp3) is 0.571. The highest BCUT2D eigenvalue weighted by molar-refractivity contribution is 5.71. The summed E-state index contributed by atoms with van der Waals surface area (Å²) < 4.78 is 2.31. The summed E-state index contributed by atoms with van der Waals surface area (Å²) in [5.41, 5.74) is 2.03. The summed E-state index contributed by atoms with van der Waals surface area (Å²) in [6, 6.07) is 4.01. The summed E-state index contributed by atoms with van der Waals surface area (Å²) in [7, 11) is 0. The predicted octanol–water partition coefficient (Wildman–Crippen LogP) is 2.26. The zero-order valence-electron chi connectivity index (χ0n) is 11.3. The topological polar surface area (TPSA) is 42.7 Å². The molecule has 0 bridgehead atoms. The Kier molecular flexibility index (Phi) is 2.63. The third-order valence-electron chi connectivity index (χ3n) is 3.54. The van der Waals surface area contributed by atoms with Gasteiger partial charge in [0.1, 0.15) is 11.3 Å². The molecule has 0 amide bonds. The number of rotatable bonds is 1. The van der Waals surface area contributed by atoms with Crippen LogP contribution in [0.2, 0.25) is 0 Å². The van der Waals surface area contributed by atoms with E-state index in [9.17, 15) is 0 Å². The van der Waals surface area contributed by atoms with Gasteiger partial charge in [0.2, 0.25) is 0 Å². The number of aromatic nitrogens is 3. The smallest absolute Gasteiger partial charge is 0.160 e. The highest BCUT2D eigenvalue weighted by Gasteiger charge is 2.28. The third kappa shape index (κ3) is 1.81. The Morgan fingerprint density at radius 1 is 1.39 bits per heavy atom. The van der Waals surface area contributed by atoms with E-state index in [4.69, 9.17) is 4.98 Å². The molecule has 0 aliphatic carbocycles. The molecule has 4 nitrogen and oxygen atoms in total. The molecule has 18 heavy (non-hydrogen) atoms. The van der Waals surface area contributed by atoms with Crippen LogP contribution < -0.4 is 5.32 Å². The molecule has 2 aromatic rings. The normalized spacial score (nSPS) is 20.7. The van der Waals surface area contributed by atoms with Crippen molar-refractivity contribution >= 4 is 11.2 Å². The van der Waals surface area contributed by atoms with Gasteiger partial charge in [-0.3, -0.25) is 0 Å². The Morgan fingerprint density at radius 2 is 2.22 bits per heavy atom. The highest BCUT2D eigenvalue weighted by atomic mass is 15.2. The monoisotopic (exact) mass is 244 g/mol. The zero-order chi connectivity index (χ0) is 12.8. The molecule has 4 heteroatoms. The van der Waals surface area contributed by atoms with E-state index in [0.717, 1.165) is 24.3 Å². The van der Waals surface area contributed by atoms with E-state index in [1.807, 2.05) is 12.3 Å². The second kappa shape index (κ2) is 4.05. The number of nitrogens with one attached hydrogen (secondary N) is 1. The average molecular weight is 244 g/mol. The van der Waals surface area contributed by atoms with Gasteiger partial charge in [-0.05, 0) is 45.9 Å². The van der Waals surface area contributed by atoms with Crippen LogP contribution in [-0.2, 0) is 5.54 Å². The average Bonchev–Trinajstić information content (AvgIpc) is 2.94. The third-order valence-corrected chi connectivity index (χ3v) is 3.54. The van der Waals surface area contributed by atoms with E-state index in [2.05, 4.69) is 41.7 Å². The summed E-state index contributed by atoms with van der Waals surface area (Å²) in [5, 5.41) is 3.42. The van der Waals surface area contributed by atoms with Crippen molar-refractivity contribution in [3.63, 3.8) is 0 Å². The number of hydrogen-bond acceptors (Lipinski definition) is 3. The minimum absolute atomic E-state index is 0.0149. The van der Waals surface area contributed by atoms with Gasteiger partial charge in [-0.15, -0.1) is 0 Å². The van der Waals surface area contributed by atoms with E-state index < -0.39 is 0 Å². The lowest BCUT2D eigenvalue weighted by atomic mass is 10.0. The van der Waals surface area contributed by atoms with Gasteiger partial charge in [0, 0.05) is 24.2 Å². The number of imidazole rings is 1. The first-order valence-corrected chi connectivity index (χ1v) is 6.62. The Hall–Kier alpha value is -1.42. The molecule has 3 heterocycles. The number of hydrogen-bond donors (Lipinski definition) is 1. The van der Waals surface area contributed by atoms with Gasteiger partial charge in [0.25, 0.3) is 0 Å². The molecule has 1 aliphatic heterocycles. The molecule has 1 fully saturated rings. The van der Waals surface area contributed by atoms with Crippen molar-refractivity contribution in [1.29, 1.82) is 0 Å². The van der Waals surface area contributed by atoms with E-state index in [-0.39, 0.29) is 5.54 Å². The predicted molar refractivity (Wildman–Crippen MR) is 72.8 cm³/mol. The first-order chi connectivity index (χ1) is 8.57. The van der Waals surface area contributed by atoms with Crippen LogP contribution in [-0.4, -0.2) is 27.6 Å². The van der Waals surface area contributed by atoms with Crippen LogP contribution in [0.25, 0.3) is 11.2 Å². The first kappa shape index (κ1) is 11.7. The second-order valence-corrected chi connectivity index (χ2v) is 6.01. The molecule has 0 saturated carbocycles. The molecule has 96 valence electrons. The van der Waals surface area contributed by atoms with Gasteiger partial charge in [0.15, 0.2) is 5.65 Å². The van der Waals surface area contributed by atoms with Gasteiger partial charge in [0.05, 0.1) is 0 Å². The maximum Gasteiger partial charge on any atom is 0.160 e. The van der Waals surface area contributed by atoms with Crippen LogP contribution in [0.1, 0.15) is 38.9 Å². The SMILES string of the molecule is CC(C)(C)n1c(C2CCNC2)nc2cccnc21. The lowest BCUT2D eigenvalue weighted by Crippen LogP contribution is -2.26. The Labute approximate surface area is 107 Å². The maximum absolute atomic E-state index is 4.82. The summed E-state index contributed by atoms with van der Waals surface area (Å²) >= 11 is 0. The minimum Gasteiger partial charge on any atom is -0.316 e.